The first-order chi connectivity index (χ1) is 14.2. The monoisotopic (exact) mass is 398 g/mol. The second-order valence-electron chi connectivity index (χ2n) is 7.76. The molecular formula is C21H23FN4O3. The van der Waals surface area contributed by atoms with E-state index >= 15 is 0 Å². The number of benzene rings is 1. The summed E-state index contributed by atoms with van der Waals surface area (Å²) in [5, 5.41) is 12.5. The van der Waals surface area contributed by atoms with E-state index in [-0.39, 0.29) is 11.9 Å². The minimum atomic E-state index is -0.306. The highest BCUT2D eigenvalue weighted by Crippen LogP contribution is 2.27. The molecule has 0 aliphatic carbocycles. The number of hydrogen-bond donors (Lipinski definition) is 0. The first-order valence-corrected chi connectivity index (χ1v) is 9.97. The Morgan fingerprint density at radius 2 is 2.10 bits per heavy atom. The van der Waals surface area contributed by atoms with Crippen LogP contribution in [0.5, 0.6) is 5.75 Å². The minimum Gasteiger partial charge on any atom is -0.618 e. The first kappa shape index (κ1) is 18.3. The molecule has 5 rings (SSSR count). The van der Waals surface area contributed by atoms with Crippen LogP contribution in [0.15, 0.2) is 42.9 Å². The van der Waals surface area contributed by atoms with Crippen LogP contribution in [0.25, 0.3) is 5.52 Å². The van der Waals surface area contributed by atoms with Crippen molar-refractivity contribution >= 4 is 5.52 Å². The number of imidazole rings is 1. The summed E-state index contributed by atoms with van der Waals surface area (Å²) < 4.78 is 27.5. The van der Waals surface area contributed by atoms with E-state index in [1.54, 1.807) is 24.5 Å². The summed E-state index contributed by atoms with van der Waals surface area (Å²) in [7, 11) is 0. The molecule has 0 amide bonds. The van der Waals surface area contributed by atoms with Crippen molar-refractivity contribution in [1.29, 1.82) is 0 Å². The average Bonchev–Trinajstić information content (AvgIpc) is 3.09. The second-order valence-corrected chi connectivity index (χ2v) is 7.76. The number of hydrogen-bond acceptors (Lipinski definition) is 5. The smallest absolute Gasteiger partial charge is 0.223 e. The summed E-state index contributed by atoms with van der Waals surface area (Å²) >= 11 is 0. The second kappa shape index (κ2) is 7.61. The number of aromatic nitrogens is 3. The normalized spacial score (nSPS) is 18.8. The van der Waals surface area contributed by atoms with E-state index in [0.717, 1.165) is 42.1 Å². The van der Waals surface area contributed by atoms with Crippen LogP contribution in [0.1, 0.15) is 30.3 Å². The number of fused-ring (bicyclic) bond motifs is 1. The van der Waals surface area contributed by atoms with Gasteiger partial charge in [-0.1, -0.05) is 6.07 Å². The largest absolute Gasteiger partial charge is 0.618 e. The van der Waals surface area contributed by atoms with Crippen molar-refractivity contribution in [3.8, 4) is 5.75 Å². The summed E-state index contributed by atoms with van der Waals surface area (Å²) in [5.41, 5.74) is 1.48. The van der Waals surface area contributed by atoms with Crippen LogP contribution in [0.4, 0.5) is 4.39 Å². The molecule has 2 fully saturated rings. The Kier molecular flexibility index (Phi) is 4.81. The Morgan fingerprint density at radius 3 is 2.90 bits per heavy atom. The predicted octanol–water partition coefficient (Wildman–Crippen LogP) is 2.26. The summed E-state index contributed by atoms with van der Waals surface area (Å²) in [6, 6.07) is 6.17. The fourth-order valence-electron chi connectivity index (χ4n) is 4.09. The van der Waals surface area contributed by atoms with E-state index in [0.29, 0.717) is 37.0 Å². The van der Waals surface area contributed by atoms with E-state index in [9.17, 15) is 9.60 Å². The zero-order chi connectivity index (χ0) is 19.8. The van der Waals surface area contributed by atoms with Crippen molar-refractivity contribution < 1.29 is 18.6 Å². The zero-order valence-electron chi connectivity index (χ0n) is 16.0. The third kappa shape index (κ3) is 3.77. The number of rotatable bonds is 5. The standard InChI is InChI=1S/C21H23FN4O3/c22-16-2-1-3-19(8-16)29-20-13-24(14-20)10-18-11-25-17(12-26(18)27)9-23-21(25)15-4-6-28-7-5-15/h1-3,8-9,11-12,15,20H,4-7,10,13-14H2. The molecule has 0 radical (unpaired) electrons. The van der Waals surface area contributed by atoms with Gasteiger partial charge >= 0.3 is 0 Å². The lowest BCUT2D eigenvalue weighted by molar-refractivity contribution is -0.614. The summed E-state index contributed by atoms with van der Waals surface area (Å²) in [6.07, 6.45) is 7.16. The van der Waals surface area contributed by atoms with Gasteiger partial charge in [-0.25, -0.2) is 9.37 Å². The van der Waals surface area contributed by atoms with Crippen LogP contribution >= 0.6 is 0 Å². The molecule has 1 aromatic carbocycles. The summed E-state index contributed by atoms with van der Waals surface area (Å²) in [6.45, 7) is 3.44. The molecule has 152 valence electrons. The van der Waals surface area contributed by atoms with Crippen molar-refractivity contribution in [3.63, 3.8) is 0 Å². The molecule has 2 aliphatic heterocycles. The lowest BCUT2D eigenvalue weighted by Gasteiger charge is -2.38. The topological polar surface area (TPSA) is 65.9 Å². The van der Waals surface area contributed by atoms with Crippen molar-refractivity contribution in [1.82, 2.24) is 14.3 Å². The molecule has 0 atom stereocenters. The average molecular weight is 398 g/mol. The molecule has 29 heavy (non-hydrogen) atoms. The molecule has 4 heterocycles. The Balaban J connectivity index is 1.26. The first-order valence-electron chi connectivity index (χ1n) is 9.97. The van der Waals surface area contributed by atoms with Gasteiger partial charge in [0.25, 0.3) is 0 Å². The maximum Gasteiger partial charge on any atom is 0.223 e. The molecule has 8 heteroatoms. The molecule has 7 nitrogen and oxygen atoms in total. The number of halogens is 1. The van der Waals surface area contributed by atoms with Gasteiger partial charge in [0.05, 0.1) is 18.9 Å². The van der Waals surface area contributed by atoms with Crippen molar-refractivity contribution in [2.75, 3.05) is 26.3 Å². The van der Waals surface area contributed by atoms with Gasteiger partial charge in [-0.2, -0.15) is 4.73 Å². The van der Waals surface area contributed by atoms with E-state index < -0.39 is 0 Å². The molecule has 0 saturated carbocycles. The van der Waals surface area contributed by atoms with Gasteiger partial charge in [-0.15, -0.1) is 0 Å². The Morgan fingerprint density at radius 1 is 1.28 bits per heavy atom. The maximum absolute atomic E-state index is 13.3. The van der Waals surface area contributed by atoms with Crippen molar-refractivity contribution in [3.05, 3.63) is 65.4 Å². The molecule has 2 saturated heterocycles. The van der Waals surface area contributed by atoms with Crippen LogP contribution < -0.4 is 9.47 Å². The van der Waals surface area contributed by atoms with E-state index in [1.807, 2.05) is 10.6 Å². The number of ether oxygens (including phenoxy) is 2. The van der Waals surface area contributed by atoms with Gasteiger partial charge in [0, 0.05) is 38.3 Å². The molecule has 3 aromatic rings. The zero-order valence-corrected chi connectivity index (χ0v) is 16.0. The number of likely N-dealkylation sites (tertiary alicyclic amines) is 1. The highest BCUT2D eigenvalue weighted by molar-refractivity contribution is 5.42. The van der Waals surface area contributed by atoms with Gasteiger partial charge in [0.1, 0.15) is 29.0 Å². The molecule has 2 aromatic heterocycles. The third-order valence-corrected chi connectivity index (χ3v) is 5.66. The Hall–Kier alpha value is -2.71. The Labute approximate surface area is 167 Å². The molecular weight excluding hydrogens is 375 g/mol. The van der Waals surface area contributed by atoms with Crippen LogP contribution in [-0.4, -0.2) is 46.7 Å². The molecule has 0 unspecified atom stereocenters. The van der Waals surface area contributed by atoms with Crippen LogP contribution in [0.3, 0.4) is 0 Å². The fraction of sp³-hybridized carbons (Fsp3) is 0.429. The maximum atomic E-state index is 13.3. The third-order valence-electron chi connectivity index (χ3n) is 5.66. The minimum absolute atomic E-state index is 0.00618. The van der Waals surface area contributed by atoms with Gasteiger partial charge in [0.2, 0.25) is 11.9 Å². The van der Waals surface area contributed by atoms with Crippen LogP contribution in [0.2, 0.25) is 0 Å². The van der Waals surface area contributed by atoms with Gasteiger partial charge < -0.3 is 14.7 Å². The van der Waals surface area contributed by atoms with E-state index in [1.165, 1.54) is 12.1 Å². The van der Waals surface area contributed by atoms with Crippen LogP contribution in [0, 0.1) is 11.0 Å². The molecule has 2 aliphatic rings. The fourth-order valence-corrected chi connectivity index (χ4v) is 4.09. The summed E-state index contributed by atoms with van der Waals surface area (Å²) in [4.78, 5) is 6.71. The van der Waals surface area contributed by atoms with Gasteiger partial charge in [0.15, 0.2) is 0 Å². The molecule has 0 spiro atoms. The highest BCUT2D eigenvalue weighted by atomic mass is 19.1. The lowest BCUT2D eigenvalue weighted by atomic mass is 10.00. The van der Waals surface area contributed by atoms with E-state index in [2.05, 4.69) is 9.88 Å². The summed E-state index contributed by atoms with van der Waals surface area (Å²) in [5.74, 6) is 1.59. The van der Waals surface area contributed by atoms with E-state index in [4.69, 9.17) is 9.47 Å². The lowest BCUT2D eigenvalue weighted by Crippen LogP contribution is -2.54. The van der Waals surface area contributed by atoms with Crippen LogP contribution in [-0.2, 0) is 11.3 Å². The quantitative estimate of drug-likeness (QED) is 0.487. The number of nitrogens with zero attached hydrogens (tertiary/aromatic N) is 4. The SMILES string of the molecule is [O-][n+]1cc2cnc(C3CCOCC3)n2cc1CN1CC(Oc2cccc(F)c2)C1. The van der Waals surface area contributed by atoms with Crippen molar-refractivity contribution in [2.45, 2.75) is 31.4 Å². The predicted molar refractivity (Wildman–Crippen MR) is 103 cm³/mol. The van der Waals surface area contributed by atoms with Crippen molar-refractivity contribution in [2.24, 2.45) is 0 Å². The highest BCUT2D eigenvalue weighted by Gasteiger charge is 2.31. The Bertz CT molecular complexity index is 1010. The van der Waals surface area contributed by atoms with Gasteiger partial charge in [-0.3, -0.25) is 9.30 Å². The van der Waals surface area contributed by atoms with Gasteiger partial charge in [-0.05, 0) is 25.0 Å². The molecule has 0 bridgehead atoms. The molecule has 0 N–H and O–H groups in total.